The third-order valence-electron chi connectivity index (χ3n) is 3.68. The predicted octanol–water partition coefficient (Wildman–Crippen LogP) is 2.47. The van der Waals surface area contributed by atoms with Crippen molar-refractivity contribution in [3.05, 3.63) is 75.2 Å². The van der Waals surface area contributed by atoms with Crippen LogP contribution in [0.15, 0.2) is 47.3 Å². The summed E-state index contributed by atoms with van der Waals surface area (Å²) in [5, 5.41) is 10.7. The lowest BCUT2D eigenvalue weighted by molar-refractivity contribution is 0.0950. The number of aryl methyl sites for hydroxylation is 2. The molecule has 1 heterocycles. The van der Waals surface area contributed by atoms with Crippen LogP contribution in [-0.4, -0.2) is 16.1 Å². The van der Waals surface area contributed by atoms with Crippen molar-refractivity contribution < 1.29 is 4.79 Å². The second-order valence-corrected chi connectivity index (χ2v) is 5.60. The molecule has 0 spiro atoms. The number of carbonyl (C=O) groups is 1. The van der Waals surface area contributed by atoms with E-state index >= 15 is 0 Å². The van der Waals surface area contributed by atoms with Gasteiger partial charge in [-0.3, -0.25) is 9.59 Å². The lowest BCUT2D eigenvalue weighted by atomic mass is 10.1. The monoisotopic (exact) mass is 307 g/mol. The summed E-state index contributed by atoms with van der Waals surface area (Å²) in [6.45, 7) is 4.17. The average molecular weight is 307 g/mol. The van der Waals surface area contributed by atoms with E-state index in [1.165, 1.54) is 0 Å². The molecule has 1 aromatic heterocycles. The number of hydrogen-bond acceptors (Lipinski definition) is 3. The highest BCUT2D eigenvalue weighted by molar-refractivity contribution is 5.94. The summed E-state index contributed by atoms with van der Waals surface area (Å²) in [5.41, 5.74) is 3.12. The van der Waals surface area contributed by atoms with Gasteiger partial charge in [-0.2, -0.15) is 5.10 Å². The highest BCUT2D eigenvalue weighted by Gasteiger charge is 2.10. The van der Waals surface area contributed by atoms with Crippen LogP contribution in [0.5, 0.6) is 0 Å². The van der Waals surface area contributed by atoms with E-state index in [1.807, 2.05) is 44.2 Å². The molecule has 0 unspecified atom stereocenters. The highest BCUT2D eigenvalue weighted by atomic mass is 16.1. The Morgan fingerprint density at radius 3 is 2.43 bits per heavy atom. The van der Waals surface area contributed by atoms with Crippen LogP contribution in [0, 0.1) is 13.8 Å². The standard InChI is InChI=1S/C18H17N3O2/c1-11-7-12(2)9-13(8-11)17(22)19-10-16-14-5-3-4-6-15(14)18(23)21-20-16/h3-9H,10H2,1-2H3,(H,19,22)(H,21,23). The number of rotatable bonds is 3. The van der Waals surface area contributed by atoms with Gasteiger partial charge in [0.15, 0.2) is 0 Å². The van der Waals surface area contributed by atoms with Crippen molar-refractivity contribution in [2.75, 3.05) is 0 Å². The number of amides is 1. The fourth-order valence-electron chi connectivity index (χ4n) is 2.68. The minimum atomic E-state index is -0.231. The van der Waals surface area contributed by atoms with E-state index in [2.05, 4.69) is 15.5 Å². The van der Waals surface area contributed by atoms with Gasteiger partial charge < -0.3 is 5.32 Å². The zero-order chi connectivity index (χ0) is 16.4. The number of nitrogens with zero attached hydrogens (tertiary/aromatic N) is 1. The Hall–Kier alpha value is -2.95. The Labute approximate surface area is 133 Å². The highest BCUT2D eigenvalue weighted by Crippen LogP contribution is 2.13. The minimum Gasteiger partial charge on any atom is -0.346 e. The normalized spacial score (nSPS) is 10.7. The van der Waals surface area contributed by atoms with Gasteiger partial charge in [0.05, 0.1) is 17.6 Å². The van der Waals surface area contributed by atoms with E-state index in [-0.39, 0.29) is 18.0 Å². The summed E-state index contributed by atoms with van der Waals surface area (Å²) in [4.78, 5) is 24.1. The molecule has 0 aliphatic carbocycles. The van der Waals surface area contributed by atoms with Crippen molar-refractivity contribution in [2.45, 2.75) is 20.4 Å². The molecule has 0 saturated heterocycles. The van der Waals surface area contributed by atoms with Gasteiger partial charge in [-0.15, -0.1) is 0 Å². The van der Waals surface area contributed by atoms with Crippen molar-refractivity contribution in [2.24, 2.45) is 0 Å². The second kappa shape index (κ2) is 6.04. The van der Waals surface area contributed by atoms with Gasteiger partial charge in [0.1, 0.15) is 0 Å². The first kappa shape index (κ1) is 15.0. The number of carbonyl (C=O) groups excluding carboxylic acids is 1. The minimum absolute atomic E-state index is 0.158. The third-order valence-corrected chi connectivity index (χ3v) is 3.68. The first-order valence-electron chi connectivity index (χ1n) is 7.37. The van der Waals surface area contributed by atoms with Crippen molar-refractivity contribution in [1.82, 2.24) is 15.5 Å². The average Bonchev–Trinajstić information content (AvgIpc) is 2.53. The SMILES string of the molecule is Cc1cc(C)cc(C(=O)NCc2n[nH]c(=O)c3ccccc23)c1. The van der Waals surface area contributed by atoms with Crippen LogP contribution in [0.3, 0.4) is 0 Å². The molecule has 2 N–H and O–H groups in total. The van der Waals surface area contributed by atoms with Crippen LogP contribution in [-0.2, 0) is 6.54 Å². The van der Waals surface area contributed by atoms with E-state index in [1.54, 1.807) is 12.1 Å². The number of H-pyrrole nitrogens is 1. The Morgan fingerprint density at radius 2 is 1.74 bits per heavy atom. The van der Waals surface area contributed by atoms with E-state index in [0.717, 1.165) is 16.5 Å². The van der Waals surface area contributed by atoms with Crippen LogP contribution >= 0.6 is 0 Å². The van der Waals surface area contributed by atoms with Crippen LogP contribution in [0.4, 0.5) is 0 Å². The Kier molecular flexibility index (Phi) is 3.93. The number of hydrogen-bond donors (Lipinski definition) is 2. The third kappa shape index (κ3) is 3.13. The number of aromatic nitrogens is 2. The van der Waals surface area contributed by atoms with Crippen LogP contribution in [0.25, 0.3) is 10.8 Å². The van der Waals surface area contributed by atoms with Crippen molar-refractivity contribution in [3.8, 4) is 0 Å². The first-order valence-corrected chi connectivity index (χ1v) is 7.37. The summed E-state index contributed by atoms with van der Waals surface area (Å²) in [7, 11) is 0. The molecule has 5 heteroatoms. The summed E-state index contributed by atoms with van der Waals surface area (Å²) in [6, 6.07) is 12.9. The number of nitrogens with one attached hydrogen (secondary N) is 2. The molecule has 0 aliphatic heterocycles. The van der Waals surface area contributed by atoms with Gasteiger partial charge in [0.2, 0.25) is 0 Å². The predicted molar refractivity (Wildman–Crippen MR) is 89.4 cm³/mol. The van der Waals surface area contributed by atoms with Gasteiger partial charge in [-0.25, -0.2) is 5.10 Å². The molecule has 0 bridgehead atoms. The van der Waals surface area contributed by atoms with Gasteiger partial charge in [0.25, 0.3) is 11.5 Å². The van der Waals surface area contributed by atoms with Gasteiger partial charge in [-0.05, 0) is 32.0 Å². The zero-order valence-electron chi connectivity index (χ0n) is 13.0. The summed E-state index contributed by atoms with van der Waals surface area (Å²) >= 11 is 0. The van der Waals surface area contributed by atoms with Crippen molar-refractivity contribution in [1.29, 1.82) is 0 Å². The van der Waals surface area contributed by atoms with E-state index < -0.39 is 0 Å². The zero-order valence-corrected chi connectivity index (χ0v) is 13.0. The molecule has 5 nitrogen and oxygen atoms in total. The molecule has 0 atom stereocenters. The van der Waals surface area contributed by atoms with E-state index in [0.29, 0.717) is 16.6 Å². The quantitative estimate of drug-likeness (QED) is 0.780. The molecule has 0 radical (unpaired) electrons. The second-order valence-electron chi connectivity index (χ2n) is 5.60. The lowest BCUT2D eigenvalue weighted by Crippen LogP contribution is -2.24. The molecule has 116 valence electrons. The molecule has 3 aromatic rings. The van der Waals surface area contributed by atoms with E-state index in [4.69, 9.17) is 0 Å². The van der Waals surface area contributed by atoms with Crippen LogP contribution < -0.4 is 10.9 Å². The number of fused-ring (bicyclic) bond motifs is 1. The molecule has 0 saturated carbocycles. The summed E-state index contributed by atoms with van der Waals surface area (Å²) in [6.07, 6.45) is 0. The molecule has 0 fully saturated rings. The lowest BCUT2D eigenvalue weighted by Gasteiger charge is -2.08. The van der Waals surface area contributed by atoms with Gasteiger partial charge in [0, 0.05) is 10.9 Å². The summed E-state index contributed by atoms with van der Waals surface area (Å²) < 4.78 is 0. The smallest absolute Gasteiger partial charge is 0.272 e. The molecule has 3 rings (SSSR count). The number of benzene rings is 2. The largest absolute Gasteiger partial charge is 0.346 e. The Bertz CT molecular complexity index is 924. The molecular formula is C18H17N3O2. The maximum atomic E-state index is 12.3. The topological polar surface area (TPSA) is 74.8 Å². The fourth-order valence-corrected chi connectivity index (χ4v) is 2.68. The fraction of sp³-hybridized carbons (Fsp3) is 0.167. The van der Waals surface area contributed by atoms with Crippen molar-refractivity contribution in [3.63, 3.8) is 0 Å². The number of aromatic amines is 1. The summed E-state index contributed by atoms with van der Waals surface area (Å²) in [5.74, 6) is -0.158. The molecule has 23 heavy (non-hydrogen) atoms. The maximum absolute atomic E-state index is 12.3. The molecule has 0 aliphatic rings. The maximum Gasteiger partial charge on any atom is 0.272 e. The van der Waals surface area contributed by atoms with Crippen molar-refractivity contribution >= 4 is 16.7 Å². The van der Waals surface area contributed by atoms with Gasteiger partial charge >= 0.3 is 0 Å². The van der Waals surface area contributed by atoms with Gasteiger partial charge in [-0.1, -0.05) is 35.4 Å². The Morgan fingerprint density at radius 1 is 1.09 bits per heavy atom. The van der Waals surface area contributed by atoms with Crippen LogP contribution in [0.1, 0.15) is 27.2 Å². The Balaban J connectivity index is 1.85. The van der Waals surface area contributed by atoms with Crippen LogP contribution in [0.2, 0.25) is 0 Å². The molecular weight excluding hydrogens is 290 g/mol. The van der Waals surface area contributed by atoms with E-state index in [9.17, 15) is 9.59 Å². The molecule has 2 aromatic carbocycles. The first-order chi connectivity index (χ1) is 11.0. The molecule has 1 amide bonds.